The maximum atomic E-state index is 13.2. The van der Waals surface area contributed by atoms with E-state index >= 15 is 0 Å². The van der Waals surface area contributed by atoms with Crippen molar-refractivity contribution >= 4 is 50.5 Å². The molecule has 1 atom stereocenters. The third kappa shape index (κ3) is 4.57. The van der Waals surface area contributed by atoms with Crippen LogP contribution in [0.4, 0.5) is 5.69 Å². The first-order valence-corrected chi connectivity index (χ1v) is 11.4. The van der Waals surface area contributed by atoms with Crippen LogP contribution in [0.2, 0.25) is 10.0 Å². The molecule has 0 saturated heterocycles. The number of halogens is 2. The van der Waals surface area contributed by atoms with Crippen LogP contribution in [0.5, 0.6) is 0 Å². The Morgan fingerprint density at radius 2 is 1.83 bits per heavy atom. The number of hydrazone groups is 1. The van der Waals surface area contributed by atoms with Gasteiger partial charge in [0.2, 0.25) is 5.91 Å². The Kier molecular flexibility index (Phi) is 6.51. The van der Waals surface area contributed by atoms with Gasteiger partial charge in [-0.05, 0) is 42.3 Å². The number of carbonyl (C=O) groups is 1. The minimum Gasteiger partial charge on any atom is -0.273 e. The first-order chi connectivity index (χ1) is 13.7. The van der Waals surface area contributed by atoms with E-state index in [4.69, 9.17) is 23.2 Å². The molecule has 2 aromatic rings. The van der Waals surface area contributed by atoms with E-state index in [-0.39, 0.29) is 21.7 Å². The summed E-state index contributed by atoms with van der Waals surface area (Å²) in [4.78, 5) is 11.5. The number of carbonyl (C=O) groups excluding carboxylic acids is 1. The summed E-state index contributed by atoms with van der Waals surface area (Å²) >= 11 is 11.9. The molecule has 0 bridgehead atoms. The number of benzene rings is 2. The van der Waals surface area contributed by atoms with Crippen LogP contribution in [0.3, 0.4) is 0 Å². The molecule has 0 fully saturated rings. The smallest absolute Gasteiger partial charge is 0.264 e. The summed E-state index contributed by atoms with van der Waals surface area (Å²) in [5, 5.41) is 4.63. The molecule has 29 heavy (non-hydrogen) atoms. The summed E-state index contributed by atoms with van der Waals surface area (Å²) in [5.74, 6) is -0.124. The number of sulfonamides is 1. The molecule has 1 amide bonds. The predicted molar refractivity (Wildman–Crippen MR) is 116 cm³/mol. The van der Waals surface area contributed by atoms with Gasteiger partial charge >= 0.3 is 0 Å². The zero-order chi connectivity index (χ0) is 21.2. The van der Waals surface area contributed by atoms with Crippen molar-refractivity contribution in [2.75, 3.05) is 10.8 Å². The van der Waals surface area contributed by atoms with Gasteiger partial charge < -0.3 is 0 Å². The van der Waals surface area contributed by atoms with Crippen LogP contribution in [0.25, 0.3) is 0 Å². The first kappa shape index (κ1) is 21.6. The number of hydrogen-bond donors (Lipinski definition) is 1. The van der Waals surface area contributed by atoms with E-state index in [0.29, 0.717) is 30.1 Å². The minimum atomic E-state index is -3.81. The maximum absolute atomic E-state index is 13.2. The Morgan fingerprint density at radius 1 is 1.14 bits per heavy atom. The van der Waals surface area contributed by atoms with Gasteiger partial charge in [0.25, 0.3) is 10.0 Å². The third-order valence-electron chi connectivity index (χ3n) is 4.62. The van der Waals surface area contributed by atoms with E-state index in [9.17, 15) is 13.2 Å². The van der Waals surface area contributed by atoms with Crippen molar-refractivity contribution in [3.8, 4) is 0 Å². The van der Waals surface area contributed by atoms with Crippen molar-refractivity contribution in [2.24, 2.45) is 11.0 Å². The average Bonchev–Trinajstić information content (AvgIpc) is 2.68. The second kappa shape index (κ2) is 8.73. The molecule has 2 aromatic carbocycles. The average molecular weight is 454 g/mol. The number of rotatable bonds is 6. The first-order valence-electron chi connectivity index (χ1n) is 9.18. The van der Waals surface area contributed by atoms with Gasteiger partial charge in [-0.2, -0.15) is 5.10 Å². The minimum absolute atomic E-state index is 0.0127. The second-order valence-electron chi connectivity index (χ2n) is 6.84. The molecule has 0 saturated carbocycles. The summed E-state index contributed by atoms with van der Waals surface area (Å²) in [6.07, 6.45) is 1.01. The number of anilines is 1. The summed E-state index contributed by atoms with van der Waals surface area (Å²) < 4.78 is 27.8. The van der Waals surface area contributed by atoms with Gasteiger partial charge in [0.05, 0.1) is 26.3 Å². The van der Waals surface area contributed by atoms with Gasteiger partial charge in [0.1, 0.15) is 0 Å². The highest BCUT2D eigenvalue weighted by Crippen LogP contribution is 2.30. The van der Waals surface area contributed by atoms with Crippen LogP contribution in [-0.4, -0.2) is 26.6 Å². The summed E-state index contributed by atoms with van der Waals surface area (Å²) in [7, 11) is -3.81. The van der Waals surface area contributed by atoms with Crippen molar-refractivity contribution < 1.29 is 13.2 Å². The number of hydrogen-bond acceptors (Lipinski definition) is 4. The maximum Gasteiger partial charge on any atom is 0.264 e. The van der Waals surface area contributed by atoms with E-state index < -0.39 is 10.0 Å². The Bertz CT molecular complexity index is 1050. The molecule has 9 heteroatoms. The van der Waals surface area contributed by atoms with Gasteiger partial charge in [-0.1, -0.05) is 49.2 Å². The molecule has 0 radical (unpaired) electrons. The lowest BCUT2D eigenvalue weighted by atomic mass is 9.94. The Hall–Kier alpha value is -2.09. The molecule has 6 nitrogen and oxygen atoms in total. The molecule has 1 aliphatic rings. The van der Waals surface area contributed by atoms with Crippen molar-refractivity contribution in [1.82, 2.24) is 5.43 Å². The normalized spacial score (nSPS) is 16.9. The lowest BCUT2D eigenvalue weighted by molar-refractivity contribution is -0.121. The zero-order valence-electron chi connectivity index (χ0n) is 16.0. The summed E-state index contributed by atoms with van der Waals surface area (Å²) in [6, 6.07) is 11.4. The van der Waals surface area contributed by atoms with Crippen LogP contribution < -0.4 is 9.73 Å². The number of nitrogens with zero attached hydrogens (tertiary/aromatic N) is 2. The lowest BCUT2D eigenvalue weighted by Gasteiger charge is -2.25. The molecular formula is C20H21Cl2N3O3S. The van der Waals surface area contributed by atoms with Crippen molar-refractivity contribution in [3.63, 3.8) is 0 Å². The van der Waals surface area contributed by atoms with Gasteiger partial charge in [0.15, 0.2) is 0 Å². The monoisotopic (exact) mass is 453 g/mol. The molecule has 0 aliphatic carbocycles. The van der Waals surface area contributed by atoms with Gasteiger partial charge in [-0.3, -0.25) is 9.10 Å². The quantitative estimate of drug-likeness (QED) is 0.700. The van der Waals surface area contributed by atoms with Crippen LogP contribution in [-0.2, 0) is 14.8 Å². The van der Waals surface area contributed by atoms with Crippen LogP contribution in [0.15, 0.2) is 52.5 Å². The van der Waals surface area contributed by atoms with Gasteiger partial charge in [-0.15, -0.1) is 0 Å². The van der Waals surface area contributed by atoms with Gasteiger partial charge in [-0.25, -0.2) is 13.8 Å². The van der Waals surface area contributed by atoms with E-state index in [0.717, 1.165) is 11.3 Å². The van der Waals surface area contributed by atoms with E-state index in [1.165, 1.54) is 22.5 Å². The Morgan fingerprint density at radius 3 is 2.41 bits per heavy atom. The fraction of sp³-hybridized carbons (Fsp3) is 0.300. The van der Waals surface area contributed by atoms with Crippen molar-refractivity contribution in [3.05, 3.63) is 58.1 Å². The fourth-order valence-corrected chi connectivity index (χ4v) is 5.10. The molecule has 0 aromatic heterocycles. The summed E-state index contributed by atoms with van der Waals surface area (Å²) in [6.45, 7) is 4.16. The SMILES string of the molecule is CCCN(c1ccc(C2=NNC(=O)CC2C)cc1)S(=O)(=O)c1ccc(Cl)c(Cl)c1. The highest BCUT2D eigenvalue weighted by molar-refractivity contribution is 7.92. The molecule has 3 rings (SSSR count). The predicted octanol–water partition coefficient (Wildman–Crippen LogP) is 4.46. The Balaban J connectivity index is 1.95. The highest BCUT2D eigenvalue weighted by Gasteiger charge is 2.26. The van der Waals surface area contributed by atoms with Gasteiger partial charge in [0, 0.05) is 18.9 Å². The Labute approximate surface area is 180 Å². The van der Waals surface area contributed by atoms with Crippen LogP contribution in [0, 0.1) is 5.92 Å². The number of amides is 1. The van der Waals surface area contributed by atoms with Crippen molar-refractivity contribution in [2.45, 2.75) is 31.6 Å². The molecule has 0 spiro atoms. The summed E-state index contributed by atoms with van der Waals surface area (Å²) in [5.41, 5.74) is 4.64. The molecule has 1 unspecified atom stereocenters. The fourth-order valence-electron chi connectivity index (χ4n) is 3.16. The van der Waals surface area contributed by atoms with E-state index in [2.05, 4.69) is 10.5 Å². The largest absolute Gasteiger partial charge is 0.273 e. The lowest BCUT2D eigenvalue weighted by Crippen LogP contribution is -2.33. The van der Waals surface area contributed by atoms with Crippen molar-refractivity contribution in [1.29, 1.82) is 0 Å². The number of nitrogens with one attached hydrogen (secondary N) is 1. The van der Waals surface area contributed by atoms with E-state index in [1.54, 1.807) is 12.1 Å². The molecule has 1 N–H and O–H groups in total. The standard InChI is InChI=1S/C20H21Cl2N3O3S/c1-3-10-25(29(27,28)16-8-9-17(21)18(22)12-16)15-6-4-14(5-7-15)20-13(2)11-19(26)23-24-20/h4-9,12-13H,3,10-11H2,1-2H3,(H,23,26). The molecule has 154 valence electrons. The second-order valence-corrected chi connectivity index (χ2v) is 9.51. The van der Waals surface area contributed by atoms with E-state index in [1.807, 2.05) is 26.0 Å². The third-order valence-corrected chi connectivity index (χ3v) is 7.18. The van der Waals surface area contributed by atoms with Crippen LogP contribution >= 0.6 is 23.2 Å². The molecule has 1 aliphatic heterocycles. The molecular weight excluding hydrogens is 433 g/mol. The molecule has 1 heterocycles. The topological polar surface area (TPSA) is 78.8 Å². The zero-order valence-corrected chi connectivity index (χ0v) is 18.4. The van der Waals surface area contributed by atoms with Crippen LogP contribution in [0.1, 0.15) is 32.3 Å². The highest BCUT2D eigenvalue weighted by atomic mass is 35.5.